The third kappa shape index (κ3) is 8.36. The second kappa shape index (κ2) is 12.8. The fraction of sp³-hybridized carbons (Fsp3) is 0.286. The molecule has 0 aliphatic carbocycles. The fourth-order valence-corrected chi connectivity index (χ4v) is 2.60. The molecule has 0 aliphatic heterocycles. The first-order valence-corrected chi connectivity index (χ1v) is 9.19. The van der Waals surface area contributed by atoms with Crippen LogP contribution in [-0.2, 0) is 11.2 Å². The number of hydrogen-bond acceptors (Lipinski definition) is 3. The number of hydrogen-bond donors (Lipinski definition) is 3. The maximum Gasteiger partial charge on any atom is 0.253 e. The van der Waals surface area contributed by atoms with Crippen LogP contribution in [0.25, 0.3) is 0 Å². The summed E-state index contributed by atoms with van der Waals surface area (Å²) in [4.78, 5) is 29.6. The molecule has 3 N–H and O–H groups in total. The van der Waals surface area contributed by atoms with Crippen molar-refractivity contribution in [1.82, 2.24) is 15.5 Å². The van der Waals surface area contributed by atoms with Crippen LogP contribution < -0.4 is 16.0 Å². The SMILES string of the molecule is CN=C(NCCc1cccc(C(=O)N(C)C)c1)NCC(=O)Nc1cccc(F)c1.I. The lowest BCUT2D eigenvalue weighted by molar-refractivity contribution is -0.115. The number of nitrogens with zero attached hydrogens (tertiary/aromatic N) is 2. The molecule has 7 nitrogen and oxygen atoms in total. The van der Waals surface area contributed by atoms with Crippen molar-refractivity contribution >= 4 is 47.4 Å². The summed E-state index contributed by atoms with van der Waals surface area (Å²) in [6.45, 7) is 0.563. The van der Waals surface area contributed by atoms with Crippen molar-refractivity contribution in [2.45, 2.75) is 6.42 Å². The summed E-state index contributed by atoms with van der Waals surface area (Å²) in [5, 5.41) is 8.64. The minimum Gasteiger partial charge on any atom is -0.356 e. The predicted molar refractivity (Wildman–Crippen MR) is 128 cm³/mol. The van der Waals surface area contributed by atoms with E-state index < -0.39 is 5.82 Å². The molecular formula is C21H27FIN5O2. The van der Waals surface area contributed by atoms with Crippen molar-refractivity contribution in [3.63, 3.8) is 0 Å². The maximum absolute atomic E-state index is 13.2. The second-order valence-corrected chi connectivity index (χ2v) is 6.56. The highest BCUT2D eigenvalue weighted by Gasteiger charge is 2.08. The van der Waals surface area contributed by atoms with Gasteiger partial charge in [-0.2, -0.15) is 0 Å². The number of carbonyl (C=O) groups excluding carboxylic acids is 2. The van der Waals surface area contributed by atoms with E-state index in [2.05, 4.69) is 20.9 Å². The van der Waals surface area contributed by atoms with Crippen LogP contribution in [0.3, 0.4) is 0 Å². The van der Waals surface area contributed by atoms with Crippen molar-refractivity contribution in [3.8, 4) is 0 Å². The highest BCUT2D eigenvalue weighted by atomic mass is 127. The zero-order valence-electron chi connectivity index (χ0n) is 17.2. The van der Waals surface area contributed by atoms with E-state index in [4.69, 9.17) is 0 Å². The highest BCUT2D eigenvalue weighted by Crippen LogP contribution is 2.09. The summed E-state index contributed by atoms with van der Waals surface area (Å²) >= 11 is 0. The van der Waals surface area contributed by atoms with Crippen molar-refractivity contribution in [1.29, 1.82) is 0 Å². The largest absolute Gasteiger partial charge is 0.356 e. The van der Waals surface area contributed by atoms with E-state index in [1.165, 1.54) is 23.1 Å². The molecule has 0 bridgehead atoms. The molecule has 0 spiro atoms. The first kappa shape index (κ1) is 25.3. The van der Waals surface area contributed by atoms with Gasteiger partial charge in [0.15, 0.2) is 5.96 Å². The summed E-state index contributed by atoms with van der Waals surface area (Å²) in [5.41, 5.74) is 2.06. The molecule has 2 amide bonds. The van der Waals surface area contributed by atoms with Gasteiger partial charge in [0.25, 0.3) is 5.91 Å². The van der Waals surface area contributed by atoms with E-state index >= 15 is 0 Å². The van der Waals surface area contributed by atoms with E-state index in [1.807, 2.05) is 18.2 Å². The van der Waals surface area contributed by atoms with Gasteiger partial charge in [-0.05, 0) is 42.3 Å². The third-order valence-electron chi connectivity index (χ3n) is 4.03. The summed E-state index contributed by atoms with van der Waals surface area (Å²) in [6, 6.07) is 13.2. The van der Waals surface area contributed by atoms with Gasteiger partial charge in [0, 0.05) is 38.9 Å². The standard InChI is InChI=1S/C21H26FN5O2.HI/c1-23-21(25-14-19(28)26-18-9-5-8-17(22)13-18)24-11-10-15-6-4-7-16(12-15)20(29)27(2)3;/h4-9,12-13H,10-11,14H2,1-3H3,(H,26,28)(H2,23,24,25);1H. The Morgan fingerprint density at radius 1 is 1.07 bits per heavy atom. The molecule has 0 heterocycles. The average molecular weight is 527 g/mol. The van der Waals surface area contributed by atoms with Gasteiger partial charge in [0.2, 0.25) is 5.91 Å². The topological polar surface area (TPSA) is 85.8 Å². The van der Waals surface area contributed by atoms with Crippen LogP contribution in [0.1, 0.15) is 15.9 Å². The first-order valence-electron chi connectivity index (χ1n) is 9.19. The lowest BCUT2D eigenvalue weighted by atomic mass is 10.1. The third-order valence-corrected chi connectivity index (χ3v) is 4.03. The lowest BCUT2D eigenvalue weighted by Crippen LogP contribution is -2.42. The molecule has 0 fully saturated rings. The monoisotopic (exact) mass is 527 g/mol. The van der Waals surface area contributed by atoms with Crippen LogP contribution in [-0.4, -0.2) is 56.9 Å². The van der Waals surface area contributed by atoms with E-state index in [0.29, 0.717) is 30.2 Å². The smallest absolute Gasteiger partial charge is 0.253 e. The van der Waals surface area contributed by atoms with Gasteiger partial charge in [-0.3, -0.25) is 14.6 Å². The number of aliphatic imine (C=N–C) groups is 1. The molecular weight excluding hydrogens is 500 g/mol. The summed E-state index contributed by atoms with van der Waals surface area (Å²) in [6.07, 6.45) is 0.685. The van der Waals surface area contributed by atoms with Gasteiger partial charge >= 0.3 is 0 Å². The van der Waals surface area contributed by atoms with Gasteiger partial charge in [0.05, 0.1) is 6.54 Å². The molecule has 162 valence electrons. The Bertz CT molecular complexity index is 889. The summed E-state index contributed by atoms with van der Waals surface area (Å²) < 4.78 is 13.2. The molecule has 2 rings (SSSR count). The molecule has 0 unspecified atom stereocenters. The van der Waals surface area contributed by atoms with Crippen LogP contribution in [0.5, 0.6) is 0 Å². The molecule has 0 saturated heterocycles. The van der Waals surface area contributed by atoms with Gasteiger partial charge in [-0.25, -0.2) is 4.39 Å². The Balaban J connectivity index is 0.00000450. The molecule has 0 aromatic heterocycles. The number of amides is 2. The van der Waals surface area contributed by atoms with E-state index in [9.17, 15) is 14.0 Å². The number of rotatable bonds is 7. The summed E-state index contributed by atoms with van der Waals surface area (Å²) in [7, 11) is 5.05. The molecule has 0 atom stereocenters. The number of benzene rings is 2. The molecule has 9 heteroatoms. The Morgan fingerprint density at radius 2 is 1.80 bits per heavy atom. The maximum atomic E-state index is 13.2. The Labute approximate surface area is 193 Å². The fourth-order valence-electron chi connectivity index (χ4n) is 2.60. The van der Waals surface area contributed by atoms with E-state index in [1.54, 1.807) is 33.3 Å². The minimum absolute atomic E-state index is 0. The van der Waals surface area contributed by atoms with Crippen molar-refractivity contribution < 1.29 is 14.0 Å². The van der Waals surface area contributed by atoms with Crippen molar-refractivity contribution in [2.24, 2.45) is 4.99 Å². The van der Waals surface area contributed by atoms with Crippen LogP contribution in [0.15, 0.2) is 53.5 Å². The lowest BCUT2D eigenvalue weighted by Gasteiger charge is -2.13. The number of anilines is 1. The van der Waals surface area contributed by atoms with Gasteiger partial charge in [-0.15, -0.1) is 24.0 Å². The van der Waals surface area contributed by atoms with Crippen molar-refractivity contribution in [2.75, 3.05) is 39.5 Å². The number of nitrogens with one attached hydrogen (secondary N) is 3. The van der Waals surface area contributed by atoms with Gasteiger partial charge in [0.1, 0.15) is 5.82 Å². The Morgan fingerprint density at radius 3 is 2.47 bits per heavy atom. The molecule has 0 radical (unpaired) electrons. The zero-order chi connectivity index (χ0) is 21.2. The highest BCUT2D eigenvalue weighted by molar-refractivity contribution is 14.0. The molecule has 0 aliphatic rings. The van der Waals surface area contributed by atoms with Crippen LogP contribution in [0.2, 0.25) is 0 Å². The minimum atomic E-state index is -0.412. The molecule has 2 aromatic carbocycles. The normalized spacial score (nSPS) is 10.6. The first-order chi connectivity index (χ1) is 13.9. The number of carbonyl (C=O) groups is 2. The molecule has 2 aromatic rings. The van der Waals surface area contributed by atoms with Crippen molar-refractivity contribution in [3.05, 3.63) is 65.5 Å². The van der Waals surface area contributed by atoms with Crippen LogP contribution in [0.4, 0.5) is 10.1 Å². The molecule has 0 saturated carbocycles. The average Bonchev–Trinajstić information content (AvgIpc) is 2.70. The Hall–Kier alpha value is -2.69. The number of guanidine groups is 1. The van der Waals surface area contributed by atoms with Gasteiger partial charge < -0.3 is 20.9 Å². The second-order valence-electron chi connectivity index (χ2n) is 6.56. The van der Waals surface area contributed by atoms with Gasteiger partial charge in [-0.1, -0.05) is 18.2 Å². The Kier molecular flexibility index (Phi) is 10.8. The van der Waals surface area contributed by atoms with E-state index in [-0.39, 0.29) is 42.3 Å². The quantitative estimate of drug-likeness (QED) is 0.294. The predicted octanol–water partition coefficient (Wildman–Crippen LogP) is 2.49. The van der Waals surface area contributed by atoms with E-state index in [0.717, 1.165) is 5.56 Å². The number of halogens is 2. The molecule has 30 heavy (non-hydrogen) atoms. The van der Waals surface area contributed by atoms with Crippen LogP contribution in [0, 0.1) is 5.82 Å². The zero-order valence-corrected chi connectivity index (χ0v) is 19.6. The van der Waals surface area contributed by atoms with Crippen LogP contribution >= 0.6 is 24.0 Å². The summed E-state index contributed by atoms with van der Waals surface area (Å²) in [5.74, 6) is -0.292.